The molecule has 2 aromatic carbocycles. The number of halogens is 2. The lowest BCUT2D eigenvalue weighted by Crippen LogP contribution is -2.28. The van der Waals surface area contributed by atoms with Crippen molar-refractivity contribution >= 4 is 39.5 Å². The first-order valence-electron chi connectivity index (χ1n) is 9.96. The predicted octanol–water partition coefficient (Wildman–Crippen LogP) is 4.41. The van der Waals surface area contributed by atoms with Crippen molar-refractivity contribution in [1.82, 2.24) is 29.5 Å². The number of imidazole rings is 1. The molecule has 0 aliphatic heterocycles. The van der Waals surface area contributed by atoms with Gasteiger partial charge in [0.15, 0.2) is 11.5 Å². The summed E-state index contributed by atoms with van der Waals surface area (Å²) >= 11 is 6.07. The third-order valence-electron chi connectivity index (χ3n) is 5.18. The lowest BCUT2D eigenvalue weighted by atomic mass is 10.1. The van der Waals surface area contributed by atoms with E-state index in [1.165, 1.54) is 23.0 Å². The molecule has 0 bridgehead atoms. The van der Waals surface area contributed by atoms with E-state index in [1.807, 2.05) is 25.1 Å². The van der Waals surface area contributed by atoms with Crippen molar-refractivity contribution in [1.29, 1.82) is 0 Å². The third kappa shape index (κ3) is 3.36. The van der Waals surface area contributed by atoms with E-state index in [2.05, 4.69) is 30.2 Å². The highest BCUT2D eigenvalue weighted by Gasteiger charge is 2.23. The van der Waals surface area contributed by atoms with E-state index in [-0.39, 0.29) is 16.2 Å². The summed E-state index contributed by atoms with van der Waals surface area (Å²) in [4.78, 5) is 33.7. The molecule has 0 amide bonds. The number of hydrogen-bond acceptors (Lipinski definition) is 6. The lowest BCUT2D eigenvalue weighted by Gasteiger charge is -2.22. The van der Waals surface area contributed by atoms with Crippen LogP contribution in [0.25, 0.3) is 27.8 Å². The average Bonchev–Trinajstić information content (AvgIpc) is 3.26. The Morgan fingerprint density at radius 1 is 1.12 bits per heavy atom. The number of rotatable bonds is 5. The normalized spacial score (nSPS) is 12.3. The third-order valence-corrected chi connectivity index (χ3v) is 5.35. The molecule has 10 heteroatoms. The van der Waals surface area contributed by atoms with Crippen LogP contribution in [-0.2, 0) is 0 Å². The molecule has 1 atom stereocenters. The average molecular weight is 450 g/mol. The van der Waals surface area contributed by atoms with Crippen molar-refractivity contribution in [3.05, 3.63) is 82.1 Å². The van der Waals surface area contributed by atoms with Gasteiger partial charge in [0.1, 0.15) is 22.5 Å². The van der Waals surface area contributed by atoms with Crippen molar-refractivity contribution in [3.63, 3.8) is 0 Å². The van der Waals surface area contributed by atoms with Gasteiger partial charge in [0.2, 0.25) is 5.28 Å². The van der Waals surface area contributed by atoms with Gasteiger partial charge in [-0.05, 0) is 42.3 Å². The largest absolute Gasteiger partial charge is 0.358 e. The first-order chi connectivity index (χ1) is 15.6. The lowest BCUT2D eigenvalue weighted by molar-refractivity contribution is 0.630. The number of aromatic amines is 1. The van der Waals surface area contributed by atoms with Crippen LogP contribution in [0.2, 0.25) is 5.28 Å². The Balaban J connectivity index is 1.74. The second-order valence-electron chi connectivity index (χ2n) is 7.13. The van der Waals surface area contributed by atoms with Gasteiger partial charge in [-0.25, -0.2) is 14.4 Å². The maximum absolute atomic E-state index is 14.6. The van der Waals surface area contributed by atoms with Crippen LogP contribution in [-0.4, -0.2) is 29.5 Å². The molecule has 0 fully saturated rings. The van der Waals surface area contributed by atoms with Gasteiger partial charge in [0.25, 0.3) is 5.56 Å². The second kappa shape index (κ2) is 8.01. The second-order valence-corrected chi connectivity index (χ2v) is 7.47. The number of benzene rings is 2. The molecule has 8 nitrogen and oxygen atoms in total. The minimum absolute atomic E-state index is 0.0379. The molecule has 0 saturated heterocycles. The Morgan fingerprint density at radius 2 is 1.94 bits per heavy atom. The molecule has 2 N–H and O–H groups in total. The summed E-state index contributed by atoms with van der Waals surface area (Å²) in [6.07, 6.45) is 2.05. The smallest absolute Gasteiger partial charge is 0.269 e. The minimum Gasteiger partial charge on any atom is -0.358 e. The fourth-order valence-electron chi connectivity index (χ4n) is 3.69. The van der Waals surface area contributed by atoms with Crippen molar-refractivity contribution < 1.29 is 4.39 Å². The SMILES string of the molecule is CCC(Nc1nc(Cl)nc2nc[nH]c12)c1nc2cccc(F)c2c(=O)n1-c1ccccc1. The number of aromatic nitrogens is 6. The molecule has 0 aliphatic carbocycles. The molecule has 3 heterocycles. The van der Waals surface area contributed by atoms with Gasteiger partial charge in [0, 0.05) is 0 Å². The highest BCUT2D eigenvalue weighted by Crippen LogP contribution is 2.27. The first-order valence-corrected chi connectivity index (χ1v) is 10.3. The zero-order valence-electron chi connectivity index (χ0n) is 16.9. The molecular formula is C22H17ClFN7O. The number of fused-ring (bicyclic) bond motifs is 2. The van der Waals surface area contributed by atoms with Gasteiger partial charge in [-0.3, -0.25) is 9.36 Å². The summed E-state index contributed by atoms with van der Waals surface area (Å²) < 4.78 is 16.0. The summed E-state index contributed by atoms with van der Waals surface area (Å²) in [5.74, 6) is 0.237. The Bertz CT molecular complexity index is 1500. The maximum Gasteiger partial charge on any atom is 0.269 e. The molecular weight excluding hydrogens is 433 g/mol. The standard InChI is InChI=1S/C22H17ClFN7O/c1-2-14(27-19-17-18(26-11-25-17)29-22(23)30-19)20-28-15-10-6-9-13(24)16(15)21(32)31(20)12-7-4-3-5-8-12/h3-11,14H,2H2,1H3,(H2,25,26,27,29,30). The fraction of sp³-hybridized carbons (Fsp3) is 0.136. The quantitative estimate of drug-likeness (QED) is 0.385. The summed E-state index contributed by atoms with van der Waals surface area (Å²) in [7, 11) is 0. The molecule has 0 spiro atoms. The van der Waals surface area contributed by atoms with Gasteiger partial charge < -0.3 is 10.3 Å². The summed E-state index contributed by atoms with van der Waals surface area (Å²) in [6, 6.07) is 13.0. The van der Waals surface area contributed by atoms with Crippen LogP contribution in [0.15, 0.2) is 59.7 Å². The van der Waals surface area contributed by atoms with Crippen LogP contribution in [0.3, 0.4) is 0 Å². The molecule has 1 unspecified atom stereocenters. The van der Waals surface area contributed by atoms with Gasteiger partial charge in [-0.2, -0.15) is 9.97 Å². The van der Waals surface area contributed by atoms with Crippen LogP contribution in [0, 0.1) is 5.82 Å². The number of hydrogen-bond donors (Lipinski definition) is 2. The van der Waals surface area contributed by atoms with E-state index in [9.17, 15) is 9.18 Å². The summed E-state index contributed by atoms with van der Waals surface area (Å²) in [6.45, 7) is 1.95. The van der Waals surface area contributed by atoms with Gasteiger partial charge in [-0.15, -0.1) is 0 Å². The van der Waals surface area contributed by atoms with E-state index in [0.717, 1.165) is 0 Å². The van der Waals surface area contributed by atoms with Crippen LogP contribution < -0.4 is 10.9 Å². The highest BCUT2D eigenvalue weighted by atomic mass is 35.5. The number of nitrogens with zero attached hydrogens (tertiary/aromatic N) is 5. The Morgan fingerprint density at radius 3 is 2.72 bits per heavy atom. The molecule has 0 radical (unpaired) electrons. The first kappa shape index (κ1) is 20.1. The van der Waals surface area contributed by atoms with E-state index < -0.39 is 17.4 Å². The zero-order valence-corrected chi connectivity index (χ0v) is 17.6. The van der Waals surface area contributed by atoms with Crippen LogP contribution >= 0.6 is 11.6 Å². The Kier molecular flexibility index (Phi) is 5.02. The van der Waals surface area contributed by atoms with Gasteiger partial charge >= 0.3 is 0 Å². The fourth-order valence-corrected chi connectivity index (χ4v) is 3.86. The maximum atomic E-state index is 14.6. The van der Waals surface area contributed by atoms with Crippen LogP contribution in [0.4, 0.5) is 10.2 Å². The van der Waals surface area contributed by atoms with Crippen molar-refractivity contribution in [2.24, 2.45) is 0 Å². The highest BCUT2D eigenvalue weighted by molar-refractivity contribution is 6.28. The Hall–Kier alpha value is -3.85. The van der Waals surface area contributed by atoms with E-state index in [0.29, 0.717) is 34.9 Å². The molecule has 5 rings (SSSR count). The molecule has 0 saturated carbocycles. The number of H-pyrrole nitrogens is 1. The molecule has 0 aliphatic rings. The number of para-hydroxylation sites is 1. The van der Waals surface area contributed by atoms with E-state index >= 15 is 0 Å². The monoisotopic (exact) mass is 449 g/mol. The van der Waals surface area contributed by atoms with Gasteiger partial charge in [0.05, 0.1) is 23.6 Å². The number of nitrogens with one attached hydrogen (secondary N) is 2. The molecule has 32 heavy (non-hydrogen) atoms. The summed E-state index contributed by atoms with van der Waals surface area (Å²) in [5.41, 5.74) is 1.37. The van der Waals surface area contributed by atoms with Crippen molar-refractivity contribution in [3.8, 4) is 5.69 Å². The van der Waals surface area contributed by atoms with E-state index in [1.54, 1.807) is 18.2 Å². The van der Waals surface area contributed by atoms with Crippen LogP contribution in [0.1, 0.15) is 25.2 Å². The number of anilines is 1. The van der Waals surface area contributed by atoms with E-state index in [4.69, 9.17) is 11.6 Å². The molecule has 160 valence electrons. The predicted molar refractivity (Wildman–Crippen MR) is 121 cm³/mol. The van der Waals surface area contributed by atoms with Gasteiger partial charge in [-0.1, -0.05) is 31.2 Å². The molecule has 5 aromatic rings. The summed E-state index contributed by atoms with van der Waals surface area (Å²) in [5, 5.41) is 3.29. The Labute approximate surface area is 186 Å². The minimum atomic E-state index is -0.612. The van der Waals surface area contributed by atoms with Crippen molar-refractivity contribution in [2.75, 3.05) is 5.32 Å². The molecule has 3 aromatic heterocycles. The topological polar surface area (TPSA) is 101 Å². The zero-order chi connectivity index (χ0) is 22.2. The van der Waals surface area contributed by atoms with Crippen molar-refractivity contribution in [2.45, 2.75) is 19.4 Å². The van der Waals surface area contributed by atoms with Crippen LogP contribution in [0.5, 0.6) is 0 Å².